The van der Waals surface area contributed by atoms with Gasteiger partial charge in [-0.3, -0.25) is 0 Å². The highest BCUT2D eigenvalue weighted by Crippen LogP contribution is 2.20. The van der Waals surface area contributed by atoms with Crippen LogP contribution in [-0.4, -0.2) is 28.5 Å². The maximum atomic E-state index is 5.56. The molecule has 0 aliphatic rings. The van der Waals surface area contributed by atoms with Crippen molar-refractivity contribution in [3.05, 3.63) is 51.4 Å². The van der Waals surface area contributed by atoms with Crippen LogP contribution in [0.15, 0.2) is 41.1 Å². The van der Waals surface area contributed by atoms with Gasteiger partial charge in [-0.25, -0.2) is 0 Å². The largest absolute Gasteiger partial charge is 0.497 e. The van der Waals surface area contributed by atoms with Gasteiger partial charge in [-0.2, -0.15) is 16.0 Å². The first kappa shape index (κ1) is 16.9. The van der Waals surface area contributed by atoms with Crippen LogP contribution in [0.25, 0.3) is 11.4 Å². The van der Waals surface area contributed by atoms with Crippen molar-refractivity contribution in [3.63, 3.8) is 0 Å². The Kier molecular flexibility index (Phi) is 5.13. The van der Waals surface area contributed by atoms with E-state index in [1.54, 1.807) is 18.4 Å². The number of hydrogen-bond acceptors (Lipinski definition) is 4. The molecule has 2 heterocycles. The zero-order valence-corrected chi connectivity index (χ0v) is 15.7. The molecule has 3 aromatic rings. The molecule has 0 spiro atoms. The lowest BCUT2D eigenvalue weighted by Gasteiger charge is -2.12. The lowest BCUT2D eigenvalue weighted by atomic mass is 10.2. The fourth-order valence-electron chi connectivity index (χ4n) is 2.64. The lowest BCUT2D eigenvalue weighted by Crippen LogP contribution is -3.06. The second-order valence-electron chi connectivity index (χ2n) is 5.82. The fraction of sp³-hybridized carbons (Fsp3) is 0.294. The van der Waals surface area contributed by atoms with E-state index in [0.717, 1.165) is 35.1 Å². The summed E-state index contributed by atoms with van der Waals surface area (Å²) in [7, 11) is 5.78. The smallest absolute Gasteiger partial charge is 0.202 e. The number of rotatable bonds is 6. The van der Waals surface area contributed by atoms with Crippen molar-refractivity contribution in [1.29, 1.82) is 0 Å². The minimum Gasteiger partial charge on any atom is -0.497 e. The van der Waals surface area contributed by atoms with E-state index >= 15 is 0 Å². The number of methoxy groups -OCH3 is 1. The maximum Gasteiger partial charge on any atom is 0.202 e. The standard InChI is InChI=1S/C17H20N4OS2/c1-19(10-13-8-9-24-11-13)12-21-17(23)20(2)16(18-21)14-4-6-15(22-3)7-5-14/h4-9,11H,10,12H2,1-3H3/p+1. The van der Waals surface area contributed by atoms with E-state index in [1.807, 2.05) is 40.6 Å². The summed E-state index contributed by atoms with van der Waals surface area (Å²) in [5, 5.41) is 9.01. The maximum absolute atomic E-state index is 5.56. The van der Waals surface area contributed by atoms with Crippen LogP contribution in [0.1, 0.15) is 5.56 Å². The molecule has 24 heavy (non-hydrogen) atoms. The average Bonchev–Trinajstić information content (AvgIpc) is 3.19. The number of nitrogens with one attached hydrogen (secondary N) is 1. The van der Waals surface area contributed by atoms with Crippen LogP contribution in [-0.2, 0) is 20.3 Å². The predicted octanol–water partition coefficient (Wildman–Crippen LogP) is 2.36. The summed E-state index contributed by atoms with van der Waals surface area (Å²) < 4.78 is 9.79. The molecule has 1 unspecified atom stereocenters. The number of benzene rings is 1. The summed E-state index contributed by atoms with van der Waals surface area (Å²) in [5.74, 6) is 1.70. The van der Waals surface area contributed by atoms with Crippen molar-refractivity contribution in [2.75, 3.05) is 14.2 Å². The lowest BCUT2D eigenvalue weighted by molar-refractivity contribution is -0.917. The summed E-state index contributed by atoms with van der Waals surface area (Å²) in [6, 6.07) is 10.0. The third-order valence-electron chi connectivity index (χ3n) is 3.89. The summed E-state index contributed by atoms with van der Waals surface area (Å²) in [5.41, 5.74) is 2.37. The number of aromatic nitrogens is 3. The molecule has 7 heteroatoms. The second kappa shape index (κ2) is 7.29. The normalized spacial score (nSPS) is 12.3. The van der Waals surface area contributed by atoms with Crippen molar-refractivity contribution in [1.82, 2.24) is 14.3 Å². The number of ether oxygens (including phenoxy) is 1. The van der Waals surface area contributed by atoms with Crippen molar-refractivity contribution in [2.24, 2.45) is 7.05 Å². The Morgan fingerprint density at radius 1 is 1.25 bits per heavy atom. The van der Waals surface area contributed by atoms with Gasteiger partial charge in [-0.15, -0.1) is 5.10 Å². The van der Waals surface area contributed by atoms with E-state index in [0.29, 0.717) is 0 Å². The Bertz CT molecular complexity index is 850. The first-order chi connectivity index (χ1) is 11.6. The van der Waals surface area contributed by atoms with Crippen molar-refractivity contribution < 1.29 is 9.64 Å². The molecule has 0 aliphatic heterocycles. The van der Waals surface area contributed by atoms with Crippen molar-refractivity contribution >= 4 is 23.6 Å². The molecule has 0 saturated heterocycles. The zero-order chi connectivity index (χ0) is 17.1. The summed E-state index contributed by atoms with van der Waals surface area (Å²) in [6.07, 6.45) is 0. The van der Waals surface area contributed by atoms with Crippen LogP contribution in [0.2, 0.25) is 0 Å². The molecule has 1 atom stereocenters. The van der Waals surface area contributed by atoms with E-state index in [2.05, 4.69) is 23.9 Å². The zero-order valence-electron chi connectivity index (χ0n) is 14.0. The van der Waals surface area contributed by atoms with Crippen LogP contribution in [0.3, 0.4) is 0 Å². The molecule has 2 aromatic heterocycles. The number of nitrogens with zero attached hydrogens (tertiary/aromatic N) is 3. The molecule has 126 valence electrons. The molecule has 0 saturated carbocycles. The molecular formula is C17H21N4OS2+. The molecular weight excluding hydrogens is 340 g/mol. The monoisotopic (exact) mass is 361 g/mol. The number of hydrogen-bond donors (Lipinski definition) is 1. The van der Waals surface area contributed by atoms with Gasteiger partial charge in [0.05, 0.1) is 14.2 Å². The quantitative estimate of drug-likeness (QED) is 0.685. The van der Waals surface area contributed by atoms with Gasteiger partial charge in [0.25, 0.3) is 0 Å². The molecule has 5 nitrogen and oxygen atoms in total. The van der Waals surface area contributed by atoms with E-state index in [9.17, 15) is 0 Å². The minimum absolute atomic E-state index is 0.727. The molecule has 0 fully saturated rings. The molecule has 0 amide bonds. The second-order valence-corrected chi connectivity index (χ2v) is 6.96. The Hall–Kier alpha value is -1.96. The van der Waals surface area contributed by atoms with Crippen molar-refractivity contribution in [2.45, 2.75) is 13.2 Å². The van der Waals surface area contributed by atoms with Gasteiger partial charge in [0.15, 0.2) is 12.5 Å². The molecule has 1 N–H and O–H groups in total. The Morgan fingerprint density at radius 3 is 2.62 bits per heavy atom. The van der Waals surface area contributed by atoms with E-state index in [-0.39, 0.29) is 0 Å². The van der Waals surface area contributed by atoms with Gasteiger partial charge in [-0.1, -0.05) is 0 Å². The topological polar surface area (TPSA) is 36.4 Å². The minimum atomic E-state index is 0.727. The average molecular weight is 362 g/mol. The molecule has 1 aromatic carbocycles. The van der Waals surface area contributed by atoms with E-state index < -0.39 is 0 Å². The molecule has 3 rings (SSSR count). The van der Waals surface area contributed by atoms with Gasteiger partial charge in [0.2, 0.25) is 4.77 Å². The predicted molar refractivity (Wildman–Crippen MR) is 98.9 cm³/mol. The van der Waals surface area contributed by atoms with Crippen LogP contribution in [0.4, 0.5) is 0 Å². The fourth-order valence-corrected chi connectivity index (χ4v) is 3.50. The molecule has 0 bridgehead atoms. The van der Waals surface area contributed by atoms with Crippen LogP contribution in [0.5, 0.6) is 5.75 Å². The first-order valence-corrected chi connectivity index (χ1v) is 9.04. The van der Waals surface area contributed by atoms with Gasteiger partial charge < -0.3 is 14.2 Å². The number of quaternary nitrogens is 1. The summed E-state index contributed by atoms with van der Waals surface area (Å²) in [6.45, 7) is 1.69. The number of thiophene rings is 1. The van der Waals surface area contributed by atoms with Gasteiger partial charge in [0.1, 0.15) is 12.3 Å². The molecule has 0 radical (unpaired) electrons. The molecule has 0 aliphatic carbocycles. The van der Waals surface area contributed by atoms with Crippen LogP contribution < -0.4 is 9.64 Å². The highest BCUT2D eigenvalue weighted by atomic mass is 32.1. The Morgan fingerprint density at radius 2 is 2.00 bits per heavy atom. The summed E-state index contributed by atoms with van der Waals surface area (Å²) in [4.78, 5) is 1.34. The van der Waals surface area contributed by atoms with Gasteiger partial charge >= 0.3 is 0 Å². The third-order valence-corrected chi connectivity index (χ3v) is 5.11. The van der Waals surface area contributed by atoms with Gasteiger partial charge in [0, 0.05) is 18.2 Å². The Labute approximate surface area is 150 Å². The van der Waals surface area contributed by atoms with E-state index in [4.69, 9.17) is 22.1 Å². The highest BCUT2D eigenvalue weighted by molar-refractivity contribution is 7.71. The third kappa shape index (κ3) is 3.58. The summed E-state index contributed by atoms with van der Waals surface area (Å²) >= 11 is 7.28. The van der Waals surface area contributed by atoms with E-state index in [1.165, 1.54) is 10.5 Å². The van der Waals surface area contributed by atoms with Crippen LogP contribution in [0, 0.1) is 4.77 Å². The van der Waals surface area contributed by atoms with Crippen LogP contribution >= 0.6 is 23.6 Å². The van der Waals surface area contributed by atoms with Crippen molar-refractivity contribution in [3.8, 4) is 17.1 Å². The first-order valence-electron chi connectivity index (χ1n) is 7.69. The van der Waals surface area contributed by atoms with Gasteiger partial charge in [-0.05, 0) is 53.3 Å². The highest BCUT2D eigenvalue weighted by Gasteiger charge is 2.13. The Balaban J connectivity index is 1.81. The SMILES string of the molecule is COc1ccc(-c2nn(C[NH+](C)Cc3ccsc3)c(=S)n2C)cc1.